The lowest BCUT2D eigenvalue weighted by atomic mass is 10.1. The minimum atomic E-state index is -0.0915. The maximum atomic E-state index is 4.91. The zero-order valence-electron chi connectivity index (χ0n) is 17.6. The van der Waals surface area contributed by atoms with Gasteiger partial charge in [0.05, 0.1) is 18.0 Å². The molecule has 1 N–H and O–H groups in total. The Labute approximate surface area is 184 Å². The van der Waals surface area contributed by atoms with Gasteiger partial charge in [-0.3, -0.25) is 4.40 Å². The molecule has 31 heavy (non-hydrogen) atoms. The molecule has 0 fully saturated rings. The molecular weight excluding hydrogens is 406 g/mol. The lowest BCUT2D eigenvalue weighted by molar-refractivity contribution is 0.391. The van der Waals surface area contributed by atoms with E-state index in [-0.39, 0.29) is 6.04 Å². The van der Waals surface area contributed by atoms with Crippen LogP contribution in [0.2, 0.25) is 0 Å². The number of nitrogens with one attached hydrogen (secondary N) is 1. The number of pyridine rings is 1. The van der Waals surface area contributed by atoms with Crippen molar-refractivity contribution in [3.05, 3.63) is 71.8 Å². The summed E-state index contributed by atoms with van der Waals surface area (Å²) in [6, 6.07) is 16.2. The highest BCUT2D eigenvalue weighted by atomic mass is 32.1. The smallest absolute Gasteiger partial charge is 0.160 e. The summed E-state index contributed by atoms with van der Waals surface area (Å²) in [4.78, 5) is 12.8. The molecule has 8 heteroatoms. The molecule has 0 saturated heterocycles. The van der Waals surface area contributed by atoms with Crippen LogP contribution in [0.15, 0.2) is 60.1 Å². The molecule has 0 saturated carbocycles. The number of anilines is 1. The van der Waals surface area contributed by atoms with Gasteiger partial charge in [0, 0.05) is 17.1 Å². The van der Waals surface area contributed by atoms with Crippen molar-refractivity contribution < 1.29 is 0 Å². The number of nitrogens with zero attached hydrogens (tertiary/aromatic N) is 6. The van der Waals surface area contributed by atoms with Crippen LogP contribution in [-0.4, -0.2) is 43.6 Å². The summed E-state index contributed by atoms with van der Waals surface area (Å²) >= 11 is 1.65. The Morgan fingerprint density at radius 3 is 2.65 bits per heavy atom. The van der Waals surface area contributed by atoms with Gasteiger partial charge in [0.25, 0.3) is 0 Å². The summed E-state index contributed by atoms with van der Waals surface area (Å²) in [6.45, 7) is 2.75. The second-order valence-electron chi connectivity index (χ2n) is 7.77. The third-order valence-corrected chi connectivity index (χ3v) is 5.98. The number of thiophene rings is 1. The number of fused-ring (bicyclic) bond motifs is 2. The number of aromatic nitrogens is 5. The predicted octanol–water partition coefficient (Wildman–Crippen LogP) is 4.64. The second kappa shape index (κ2) is 8.05. The van der Waals surface area contributed by atoms with E-state index in [2.05, 4.69) is 57.0 Å². The third kappa shape index (κ3) is 3.75. The number of hydrogen-bond donors (Lipinski definition) is 1. The topological polar surface area (TPSA) is 71.2 Å². The molecule has 5 aromatic rings. The second-order valence-corrected chi connectivity index (χ2v) is 8.63. The summed E-state index contributed by atoms with van der Waals surface area (Å²) < 4.78 is 2.00. The van der Waals surface area contributed by atoms with Gasteiger partial charge in [0.1, 0.15) is 16.5 Å². The van der Waals surface area contributed by atoms with Crippen LogP contribution in [0.5, 0.6) is 0 Å². The highest BCUT2D eigenvalue weighted by molar-refractivity contribution is 7.17. The first kappa shape index (κ1) is 19.6. The van der Waals surface area contributed by atoms with Crippen molar-refractivity contribution in [2.24, 2.45) is 0 Å². The fraction of sp³-hybridized carbons (Fsp3) is 0.217. The third-order valence-electron chi connectivity index (χ3n) is 5.10. The highest BCUT2D eigenvalue weighted by Gasteiger charge is 2.20. The molecule has 0 spiro atoms. The largest absolute Gasteiger partial charge is 0.360 e. The van der Waals surface area contributed by atoms with Crippen molar-refractivity contribution in [3.8, 4) is 11.1 Å². The molecule has 4 heterocycles. The normalized spacial score (nSPS) is 12.6. The summed E-state index contributed by atoms with van der Waals surface area (Å²) in [5.41, 5.74) is 3.12. The van der Waals surface area contributed by atoms with E-state index in [9.17, 15) is 0 Å². The molecule has 0 radical (unpaired) electrons. The van der Waals surface area contributed by atoms with Crippen LogP contribution in [0.1, 0.15) is 24.6 Å². The Morgan fingerprint density at radius 2 is 1.84 bits per heavy atom. The van der Waals surface area contributed by atoms with E-state index in [1.165, 1.54) is 0 Å². The molecule has 0 amide bonds. The van der Waals surface area contributed by atoms with Gasteiger partial charge in [-0.15, -0.1) is 21.5 Å². The average Bonchev–Trinajstić information content (AvgIpc) is 3.38. The monoisotopic (exact) mass is 429 g/mol. The van der Waals surface area contributed by atoms with Crippen LogP contribution in [0.3, 0.4) is 0 Å². The lowest BCUT2D eigenvalue weighted by Gasteiger charge is -2.16. The van der Waals surface area contributed by atoms with Gasteiger partial charge >= 0.3 is 0 Å². The van der Waals surface area contributed by atoms with E-state index in [1.807, 2.05) is 49.0 Å². The lowest BCUT2D eigenvalue weighted by Crippen LogP contribution is -2.16. The van der Waals surface area contributed by atoms with E-state index in [0.717, 1.165) is 44.5 Å². The van der Waals surface area contributed by atoms with Gasteiger partial charge in [-0.25, -0.2) is 9.97 Å². The molecule has 1 aromatic carbocycles. The minimum absolute atomic E-state index is 0.0915. The van der Waals surface area contributed by atoms with E-state index < -0.39 is 0 Å². The fourth-order valence-electron chi connectivity index (χ4n) is 3.70. The first-order chi connectivity index (χ1) is 15.1. The quantitative estimate of drug-likeness (QED) is 0.424. The molecule has 1 unspecified atom stereocenters. The Kier molecular flexibility index (Phi) is 5.09. The SMILES string of the molecule is CC(Nc1nc(CN(C)C)nc2scc(-c3ccccc3)c12)c1nnc2ccccn12. The molecular formula is C23H23N7S. The fourth-order valence-corrected chi connectivity index (χ4v) is 4.66. The molecule has 7 nitrogen and oxygen atoms in total. The Bertz CT molecular complexity index is 1340. The molecule has 0 aliphatic heterocycles. The molecule has 5 rings (SSSR count). The zero-order valence-corrected chi connectivity index (χ0v) is 18.5. The molecule has 4 aromatic heterocycles. The van der Waals surface area contributed by atoms with Crippen molar-refractivity contribution in [2.45, 2.75) is 19.5 Å². The number of rotatable bonds is 6. The highest BCUT2D eigenvalue weighted by Crippen LogP contribution is 2.38. The van der Waals surface area contributed by atoms with Gasteiger partial charge in [0.15, 0.2) is 11.5 Å². The van der Waals surface area contributed by atoms with E-state index >= 15 is 0 Å². The average molecular weight is 430 g/mol. The van der Waals surface area contributed by atoms with Crippen LogP contribution in [0, 0.1) is 0 Å². The van der Waals surface area contributed by atoms with Crippen molar-refractivity contribution >= 4 is 33.0 Å². The van der Waals surface area contributed by atoms with E-state index in [4.69, 9.17) is 9.97 Å². The summed E-state index contributed by atoms with van der Waals surface area (Å²) in [7, 11) is 4.05. The van der Waals surface area contributed by atoms with Crippen molar-refractivity contribution in [1.82, 2.24) is 29.5 Å². The molecule has 0 aliphatic rings. The summed E-state index contributed by atoms with van der Waals surface area (Å²) in [6.07, 6.45) is 1.98. The van der Waals surface area contributed by atoms with Crippen LogP contribution in [0.4, 0.5) is 5.82 Å². The van der Waals surface area contributed by atoms with Crippen LogP contribution >= 0.6 is 11.3 Å². The first-order valence-electron chi connectivity index (χ1n) is 10.1. The van der Waals surface area contributed by atoms with Gasteiger partial charge < -0.3 is 10.2 Å². The standard InChI is InChI=1S/C23H23N7S/c1-15(22-28-27-19-11-7-8-12-30(19)22)24-21-20-17(16-9-5-4-6-10-16)14-31-23(20)26-18(25-21)13-29(2)3/h4-12,14-15H,13H2,1-3H3,(H,24,25,26). The minimum Gasteiger partial charge on any atom is -0.360 e. The van der Waals surface area contributed by atoms with E-state index in [0.29, 0.717) is 6.54 Å². The van der Waals surface area contributed by atoms with Gasteiger partial charge in [-0.1, -0.05) is 36.4 Å². The Morgan fingerprint density at radius 1 is 1.03 bits per heavy atom. The Hall–Kier alpha value is -3.36. The van der Waals surface area contributed by atoms with Gasteiger partial charge in [0.2, 0.25) is 0 Å². The maximum Gasteiger partial charge on any atom is 0.160 e. The van der Waals surface area contributed by atoms with Crippen molar-refractivity contribution in [1.29, 1.82) is 0 Å². The van der Waals surface area contributed by atoms with Gasteiger partial charge in [-0.2, -0.15) is 0 Å². The van der Waals surface area contributed by atoms with Crippen LogP contribution in [-0.2, 0) is 6.54 Å². The van der Waals surface area contributed by atoms with Crippen molar-refractivity contribution in [2.75, 3.05) is 19.4 Å². The number of benzene rings is 1. The summed E-state index contributed by atoms with van der Waals surface area (Å²) in [5, 5.41) is 15.5. The van der Waals surface area contributed by atoms with E-state index in [1.54, 1.807) is 11.3 Å². The van der Waals surface area contributed by atoms with Gasteiger partial charge in [-0.05, 0) is 38.7 Å². The maximum absolute atomic E-state index is 4.91. The summed E-state index contributed by atoms with van der Waals surface area (Å²) in [5.74, 6) is 2.45. The van der Waals surface area contributed by atoms with Crippen LogP contribution in [0.25, 0.3) is 27.0 Å². The first-order valence-corrected chi connectivity index (χ1v) is 11.0. The molecule has 0 aliphatic carbocycles. The number of hydrogen-bond acceptors (Lipinski definition) is 7. The molecule has 0 bridgehead atoms. The van der Waals surface area contributed by atoms with Crippen LogP contribution < -0.4 is 5.32 Å². The molecule has 156 valence electrons. The predicted molar refractivity (Wildman–Crippen MR) is 125 cm³/mol. The zero-order chi connectivity index (χ0) is 21.4. The molecule has 1 atom stereocenters. The Balaban J connectivity index is 1.62. The van der Waals surface area contributed by atoms with Crippen molar-refractivity contribution in [3.63, 3.8) is 0 Å².